The van der Waals surface area contributed by atoms with Crippen LogP contribution in [0.2, 0.25) is 0 Å². The molecule has 1 unspecified atom stereocenters. The Balaban J connectivity index is 1.86. The molecular formula is C15H21N5. The highest BCUT2D eigenvalue weighted by Gasteiger charge is 2.25. The maximum Gasteiger partial charge on any atom is 0.176 e. The lowest BCUT2D eigenvalue weighted by molar-refractivity contribution is 0.475. The summed E-state index contributed by atoms with van der Waals surface area (Å²) in [7, 11) is 1.77. The molecule has 2 N–H and O–H groups in total. The van der Waals surface area contributed by atoms with Crippen LogP contribution in [0, 0.1) is 0 Å². The molecule has 1 heterocycles. The fraction of sp³-hybridized carbons (Fsp3) is 0.533. The van der Waals surface area contributed by atoms with Gasteiger partial charge in [0, 0.05) is 12.0 Å². The standard InChI is InChI=1S/C15H21N5/c1-15(16,10-14-17-19-20(2)18-14)13-8-7-11-5-3-4-6-12(11)9-13/h7-9H,3-6,10,16H2,1-2H3. The SMILES string of the molecule is Cn1nnc(CC(C)(N)c2ccc3c(c2)CCCC3)n1. The molecule has 5 nitrogen and oxygen atoms in total. The van der Waals surface area contributed by atoms with Gasteiger partial charge in [-0.25, -0.2) is 0 Å². The number of nitrogens with zero attached hydrogens (tertiary/aromatic N) is 4. The number of aryl methyl sites for hydroxylation is 3. The van der Waals surface area contributed by atoms with E-state index in [2.05, 4.69) is 33.6 Å². The van der Waals surface area contributed by atoms with E-state index in [1.54, 1.807) is 7.05 Å². The summed E-state index contributed by atoms with van der Waals surface area (Å²) in [5, 5.41) is 12.1. The van der Waals surface area contributed by atoms with Crippen LogP contribution >= 0.6 is 0 Å². The fourth-order valence-corrected chi connectivity index (χ4v) is 2.91. The van der Waals surface area contributed by atoms with E-state index in [0.29, 0.717) is 12.2 Å². The molecule has 1 atom stereocenters. The topological polar surface area (TPSA) is 69.6 Å². The lowest BCUT2D eigenvalue weighted by atomic mass is 9.84. The van der Waals surface area contributed by atoms with Gasteiger partial charge in [-0.15, -0.1) is 10.2 Å². The van der Waals surface area contributed by atoms with Gasteiger partial charge in [-0.3, -0.25) is 0 Å². The van der Waals surface area contributed by atoms with Gasteiger partial charge in [0.1, 0.15) is 0 Å². The average molecular weight is 271 g/mol. The highest BCUT2D eigenvalue weighted by Crippen LogP contribution is 2.27. The maximum atomic E-state index is 6.50. The van der Waals surface area contributed by atoms with Gasteiger partial charge < -0.3 is 5.73 Å². The number of nitrogens with two attached hydrogens (primary N) is 1. The number of tetrazole rings is 1. The van der Waals surface area contributed by atoms with Crippen LogP contribution in [0.1, 0.15) is 42.3 Å². The second kappa shape index (κ2) is 4.98. The van der Waals surface area contributed by atoms with Crippen molar-refractivity contribution < 1.29 is 0 Å². The van der Waals surface area contributed by atoms with Crippen LogP contribution in [0.25, 0.3) is 0 Å². The number of benzene rings is 1. The van der Waals surface area contributed by atoms with Crippen molar-refractivity contribution in [1.29, 1.82) is 0 Å². The van der Waals surface area contributed by atoms with Gasteiger partial charge in [0.05, 0.1) is 7.05 Å². The summed E-state index contributed by atoms with van der Waals surface area (Å²) in [6.07, 6.45) is 5.55. The Morgan fingerprint density at radius 1 is 1.25 bits per heavy atom. The molecule has 1 aromatic carbocycles. The first kappa shape index (κ1) is 13.2. The zero-order chi connectivity index (χ0) is 14.2. The minimum atomic E-state index is -0.463. The van der Waals surface area contributed by atoms with Crippen LogP contribution < -0.4 is 5.73 Å². The second-order valence-corrected chi connectivity index (χ2v) is 5.98. The van der Waals surface area contributed by atoms with Gasteiger partial charge in [0.2, 0.25) is 0 Å². The molecule has 20 heavy (non-hydrogen) atoms. The molecule has 2 aromatic rings. The van der Waals surface area contributed by atoms with E-state index >= 15 is 0 Å². The van der Waals surface area contributed by atoms with Crippen LogP contribution in [0.5, 0.6) is 0 Å². The minimum Gasteiger partial charge on any atom is -0.321 e. The van der Waals surface area contributed by atoms with Crippen molar-refractivity contribution in [3.63, 3.8) is 0 Å². The minimum absolute atomic E-state index is 0.463. The molecule has 106 valence electrons. The third-order valence-electron chi connectivity index (χ3n) is 4.08. The molecule has 1 aliphatic carbocycles. The van der Waals surface area contributed by atoms with Gasteiger partial charge in [-0.1, -0.05) is 18.2 Å². The Labute approximate surface area is 119 Å². The van der Waals surface area contributed by atoms with Gasteiger partial charge in [0.25, 0.3) is 0 Å². The fourth-order valence-electron chi connectivity index (χ4n) is 2.91. The second-order valence-electron chi connectivity index (χ2n) is 5.98. The Morgan fingerprint density at radius 2 is 2.00 bits per heavy atom. The molecular weight excluding hydrogens is 250 g/mol. The number of rotatable bonds is 3. The van der Waals surface area contributed by atoms with Crippen LogP contribution in [-0.4, -0.2) is 20.2 Å². The molecule has 0 aliphatic heterocycles. The molecule has 0 saturated heterocycles. The first-order valence-electron chi connectivity index (χ1n) is 7.19. The normalized spacial score (nSPS) is 17.6. The first-order valence-corrected chi connectivity index (χ1v) is 7.19. The van der Waals surface area contributed by atoms with Gasteiger partial charge >= 0.3 is 0 Å². The summed E-state index contributed by atoms with van der Waals surface area (Å²) in [5.41, 5.74) is 10.1. The third kappa shape index (κ3) is 2.58. The van der Waals surface area contributed by atoms with E-state index in [1.807, 2.05) is 6.92 Å². The van der Waals surface area contributed by atoms with Gasteiger partial charge in [-0.2, -0.15) is 4.80 Å². The maximum absolute atomic E-state index is 6.50. The summed E-state index contributed by atoms with van der Waals surface area (Å²) in [4.78, 5) is 1.47. The Kier molecular flexibility index (Phi) is 3.30. The Bertz CT molecular complexity index is 614. The molecule has 0 saturated carbocycles. The number of aromatic nitrogens is 4. The van der Waals surface area contributed by atoms with Crippen molar-refractivity contribution in [2.45, 2.75) is 44.6 Å². The molecule has 0 bridgehead atoms. The van der Waals surface area contributed by atoms with Crippen molar-refractivity contribution in [2.75, 3.05) is 0 Å². The van der Waals surface area contributed by atoms with E-state index in [4.69, 9.17) is 5.73 Å². The largest absolute Gasteiger partial charge is 0.321 e. The summed E-state index contributed by atoms with van der Waals surface area (Å²) < 4.78 is 0. The molecule has 1 aromatic heterocycles. The Hall–Kier alpha value is -1.75. The molecule has 0 spiro atoms. The smallest absolute Gasteiger partial charge is 0.176 e. The van der Waals surface area contributed by atoms with Crippen molar-refractivity contribution in [2.24, 2.45) is 12.8 Å². The number of fused-ring (bicyclic) bond motifs is 1. The zero-order valence-corrected chi connectivity index (χ0v) is 12.1. The van der Waals surface area contributed by atoms with E-state index in [0.717, 1.165) is 5.56 Å². The zero-order valence-electron chi connectivity index (χ0n) is 12.1. The van der Waals surface area contributed by atoms with Crippen molar-refractivity contribution >= 4 is 0 Å². The number of hydrogen-bond donors (Lipinski definition) is 1. The van der Waals surface area contributed by atoms with Crippen molar-refractivity contribution in [3.8, 4) is 0 Å². The van der Waals surface area contributed by atoms with Crippen molar-refractivity contribution in [1.82, 2.24) is 20.2 Å². The lowest BCUT2D eigenvalue weighted by Crippen LogP contribution is -2.36. The monoisotopic (exact) mass is 271 g/mol. The summed E-state index contributed by atoms with van der Waals surface area (Å²) >= 11 is 0. The summed E-state index contributed by atoms with van der Waals surface area (Å²) in [5.74, 6) is 0.690. The number of hydrogen-bond acceptors (Lipinski definition) is 4. The lowest BCUT2D eigenvalue weighted by Gasteiger charge is -2.26. The third-order valence-corrected chi connectivity index (χ3v) is 4.08. The Morgan fingerprint density at radius 3 is 2.70 bits per heavy atom. The van der Waals surface area contributed by atoms with Crippen LogP contribution in [0.3, 0.4) is 0 Å². The predicted octanol–water partition coefficient (Wildman–Crippen LogP) is 1.51. The molecule has 5 heteroatoms. The summed E-state index contributed by atoms with van der Waals surface area (Å²) in [6.45, 7) is 2.04. The van der Waals surface area contributed by atoms with E-state index < -0.39 is 5.54 Å². The average Bonchev–Trinajstić information content (AvgIpc) is 2.83. The highest BCUT2D eigenvalue weighted by molar-refractivity contribution is 5.37. The molecule has 0 fully saturated rings. The molecule has 1 aliphatic rings. The van der Waals surface area contributed by atoms with Crippen LogP contribution in [0.15, 0.2) is 18.2 Å². The van der Waals surface area contributed by atoms with Crippen molar-refractivity contribution in [3.05, 3.63) is 40.7 Å². The van der Waals surface area contributed by atoms with Gasteiger partial charge in [-0.05, 0) is 54.5 Å². The van der Waals surface area contributed by atoms with Crippen LogP contribution in [-0.2, 0) is 31.8 Å². The quantitative estimate of drug-likeness (QED) is 0.918. The molecule has 0 amide bonds. The van der Waals surface area contributed by atoms with E-state index in [-0.39, 0.29) is 0 Å². The van der Waals surface area contributed by atoms with E-state index in [9.17, 15) is 0 Å². The van der Waals surface area contributed by atoms with Gasteiger partial charge in [0.15, 0.2) is 5.82 Å². The molecule has 0 radical (unpaired) electrons. The predicted molar refractivity (Wildman–Crippen MR) is 77.1 cm³/mol. The summed E-state index contributed by atoms with van der Waals surface area (Å²) in [6, 6.07) is 6.66. The molecule has 3 rings (SSSR count). The van der Waals surface area contributed by atoms with Crippen LogP contribution in [0.4, 0.5) is 0 Å². The first-order chi connectivity index (χ1) is 9.54. The highest BCUT2D eigenvalue weighted by atomic mass is 15.6. The van der Waals surface area contributed by atoms with E-state index in [1.165, 1.54) is 41.6 Å².